The molecule has 0 radical (unpaired) electrons. The number of hydrogen-bond donors (Lipinski definition) is 1. The molecular weight excluding hydrogens is 388 g/mol. The van der Waals surface area contributed by atoms with Crippen molar-refractivity contribution in [2.24, 2.45) is 5.92 Å². The number of thiophene rings is 1. The number of hydrogen-bond acceptors (Lipinski definition) is 3. The Labute approximate surface area is 183 Å². The van der Waals surface area contributed by atoms with Gasteiger partial charge in [-0.1, -0.05) is 60.7 Å². The van der Waals surface area contributed by atoms with Crippen LogP contribution < -0.4 is 5.32 Å². The second-order valence-corrected chi connectivity index (χ2v) is 9.01. The third kappa shape index (κ3) is 5.80. The monoisotopic (exact) mass is 418 g/mol. The molecule has 3 aromatic rings. The highest BCUT2D eigenvalue weighted by Gasteiger charge is 2.22. The molecule has 156 valence electrons. The summed E-state index contributed by atoms with van der Waals surface area (Å²) < 4.78 is 0. The summed E-state index contributed by atoms with van der Waals surface area (Å²) in [5, 5.41) is 7.61. The van der Waals surface area contributed by atoms with Crippen molar-refractivity contribution in [3.63, 3.8) is 0 Å². The fourth-order valence-corrected chi connectivity index (χ4v) is 4.96. The number of piperidine rings is 1. The predicted octanol–water partition coefficient (Wildman–Crippen LogP) is 5.30. The largest absolute Gasteiger partial charge is 0.356 e. The molecular formula is C26H30N2OS. The minimum Gasteiger partial charge on any atom is -0.356 e. The maximum atomic E-state index is 12.8. The molecule has 0 unspecified atom stereocenters. The number of nitrogens with one attached hydrogen (secondary N) is 1. The molecule has 0 bridgehead atoms. The highest BCUT2D eigenvalue weighted by molar-refractivity contribution is 7.07. The normalized spacial score (nSPS) is 15.4. The Morgan fingerprint density at radius 3 is 2.17 bits per heavy atom. The van der Waals surface area contributed by atoms with Crippen LogP contribution in [0.2, 0.25) is 0 Å². The van der Waals surface area contributed by atoms with E-state index in [1.54, 1.807) is 11.3 Å². The van der Waals surface area contributed by atoms with E-state index in [1.165, 1.54) is 16.7 Å². The van der Waals surface area contributed by atoms with Gasteiger partial charge in [-0.2, -0.15) is 11.3 Å². The quantitative estimate of drug-likeness (QED) is 0.538. The van der Waals surface area contributed by atoms with Crippen molar-refractivity contribution in [2.45, 2.75) is 31.7 Å². The van der Waals surface area contributed by atoms with Crippen molar-refractivity contribution in [2.75, 3.05) is 19.6 Å². The predicted molar refractivity (Wildman–Crippen MR) is 125 cm³/mol. The summed E-state index contributed by atoms with van der Waals surface area (Å²) in [6.45, 7) is 4.08. The van der Waals surface area contributed by atoms with Gasteiger partial charge in [0.2, 0.25) is 5.91 Å². The molecule has 2 heterocycles. The Morgan fingerprint density at radius 1 is 0.967 bits per heavy atom. The molecule has 0 saturated carbocycles. The lowest BCUT2D eigenvalue weighted by atomic mass is 9.88. The number of carbonyl (C=O) groups is 1. The molecule has 1 saturated heterocycles. The molecule has 4 heteroatoms. The fourth-order valence-electron chi connectivity index (χ4n) is 4.30. The van der Waals surface area contributed by atoms with Crippen LogP contribution in [0.1, 0.15) is 41.9 Å². The first-order chi connectivity index (χ1) is 14.8. The minimum atomic E-state index is 0.0971. The van der Waals surface area contributed by atoms with Gasteiger partial charge in [0.15, 0.2) is 0 Å². The van der Waals surface area contributed by atoms with Crippen LogP contribution in [0.5, 0.6) is 0 Å². The lowest BCUT2D eigenvalue weighted by Gasteiger charge is -2.32. The molecule has 0 spiro atoms. The van der Waals surface area contributed by atoms with Crippen molar-refractivity contribution in [1.82, 2.24) is 10.2 Å². The number of carbonyl (C=O) groups excluding carboxylic acids is 1. The second-order valence-electron chi connectivity index (χ2n) is 8.23. The Balaban J connectivity index is 1.27. The van der Waals surface area contributed by atoms with E-state index in [-0.39, 0.29) is 11.8 Å². The number of amides is 1. The zero-order chi connectivity index (χ0) is 20.6. The molecule has 0 aliphatic carbocycles. The van der Waals surface area contributed by atoms with Crippen LogP contribution in [0.3, 0.4) is 0 Å². The van der Waals surface area contributed by atoms with Gasteiger partial charge in [-0.25, -0.2) is 0 Å². The highest BCUT2D eigenvalue weighted by atomic mass is 32.1. The van der Waals surface area contributed by atoms with E-state index in [2.05, 4.69) is 51.3 Å². The van der Waals surface area contributed by atoms with E-state index in [0.29, 0.717) is 12.3 Å². The van der Waals surface area contributed by atoms with Crippen LogP contribution in [-0.4, -0.2) is 30.4 Å². The van der Waals surface area contributed by atoms with E-state index in [1.807, 2.05) is 36.4 Å². The molecule has 1 fully saturated rings. The first-order valence-corrected chi connectivity index (χ1v) is 11.8. The topological polar surface area (TPSA) is 32.3 Å². The van der Waals surface area contributed by atoms with Crippen LogP contribution in [-0.2, 0) is 11.3 Å². The molecule has 1 amide bonds. The number of nitrogens with zero attached hydrogens (tertiary/aromatic N) is 1. The van der Waals surface area contributed by atoms with Crippen LogP contribution in [0.4, 0.5) is 0 Å². The van der Waals surface area contributed by atoms with Crippen molar-refractivity contribution in [1.29, 1.82) is 0 Å². The van der Waals surface area contributed by atoms with Gasteiger partial charge < -0.3 is 5.32 Å². The van der Waals surface area contributed by atoms with Crippen molar-refractivity contribution in [3.05, 3.63) is 94.2 Å². The molecule has 30 heavy (non-hydrogen) atoms. The molecule has 1 aliphatic heterocycles. The molecule has 1 aliphatic rings. The second kappa shape index (κ2) is 10.6. The van der Waals surface area contributed by atoms with Crippen molar-refractivity contribution < 1.29 is 4.79 Å². The maximum Gasteiger partial charge on any atom is 0.220 e. The van der Waals surface area contributed by atoms with E-state index in [4.69, 9.17) is 0 Å². The average molecular weight is 419 g/mol. The van der Waals surface area contributed by atoms with Gasteiger partial charge in [-0.05, 0) is 65.4 Å². The average Bonchev–Trinajstić information content (AvgIpc) is 3.31. The van der Waals surface area contributed by atoms with Gasteiger partial charge in [0, 0.05) is 25.4 Å². The Kier molecular flexibility index (Phi) is 7.33. The Morgan fingerprint density at radius 2 is 1.60 bits per heavy atom. The summed E-state index contributed by atoms with van der Waals surface area (Å²) in [6, 6.07) is 22.9. The smallest absolute Gasteiger partial charge is 0.220 e. The van der Waals surface area contributed by atoms with Crippen LogP contribution in [0.15, 0.2) is 77.5 Å². The van der Waals surface area contributed by atoms with Crippen molar-refractivity contribution >= 4 is 17.2 Å². The fraction of sp³-hybridized carbons (Fsp3) is 0.346. The molecule has 3 nitrogen and oxygen atoms in total. The van der Waals surface area contributed by atoms with E-state index < -0.39 is 0 Å². The minimum absolute atomic E-state index is 0.0971. The number of likely N-dealkylation sites (tertiary alicyclic amines) is 1. The molecule has 1 N–H and O–H groups in total. The van der Waals surface area contributed by atoms with Gasteiger partial charge in [-0.15, -0.1) is 0 Å². The zero-order valence-corrected chi connectivity index (χ0v) is 18.2. The molecule has 1 aromatic heterocycles. The SMILES string of the molecule is O=C(CC(c1ccccc1)c1ccccc1)NCC1CCN(Cc2ccsc2)CC1. The Hall–Kier alpha value is -2.43. The zero-order valence-electron chi connectivity index (χ0n) is 17.4. The molecule has 4 rings (SSSR count). The summed E-state index contributed by atoms with van der Waals surface area (Å²) in [5.74, 6) is 0.827. The van der Waals surface area contributed by atoms with Crippen molar-refractivity contribution in [3.8, 4) is 0 Å². The first-order valence-electron chi connectivity index (χ1n) is 10.9. The van der Waals surface area contributed by atoms with Crippen LogP contribution in [0, 0.1) is 5.92 Å². The molecule has 0 atom stereocenters. The summed E-state index contributed by atoms with van der Waals surface area (Å²) in [5.41, 5.74) is 3.81. The number of rotatable bonds is 8. The summed E-state index contributed by atoms with van der Waals surface area (Å²) in [4.78, 5) is 15.3. The van der Waals surface area contributed by atoms with Gasteiger partial charge in [0.05, 0.1) is 0 Å². The maximum absolute atomic E-state index is 12.8. The van der Waals surface area contributed by atoms with Gasteiger partial charge >= 0.3 is 0 Å². The van der Waals surface area contributed by atoms with Gasteiger partial charge in [-0.3, -0.25) is 9.69 Å². The number of benzene rings is 2. The lowest BCUT2D eigenvalue weighted by molar-refractivity contribution is -0.121. The summed E-state index contributed by atoms with van der Waals surface area (Å²) in [6.07, 6.45) is 2.81. The van der Waals surface area contributed by atoms with Crippen LogP contribution in [0.25, 0.3) is 0 Å². The Bertz CT molecular complexity index is 848. The van der Waals surface area contributed by atoms with E-state index in [9.17, 15) is 4.79 Å². The first kappa shape index (κ1) is 20.8. The lowest BCUT2D eigenvalue weighted by Crippen LogP contribution is -2.38. The van der Waals surface area contributed by atoms with E-state index >= 15 is 0 Å². The third-order valence-electron chi connectivity index (χ3n) is 6.07. The van der Waals surface area contributed by atoms with Gasteiger partial charge in [0.1, 0.15) is 0 Å². The third-order valence-corrected chi connectivity index (χ3v) is 6.81. The van der Waals surface area contributed by atoms with Crippen LogP contribution >= 0.6 is 11.3 Å². The standard InChI is InChI=1S/C26H30N2OS/c29-26(17-25(23-7-3-1-4-8-23)24-9-5-2-6-10-24)27-18-21-11-14-28(15-12-21)19-22-13-16-30-20-22/h1-10,13,16,20-21,25H,11-12,14-15,17-19H2,(H,27,29). The summed E-state index contributed by atoms with van der Waals surface area (Å²) in [7, 11) is 0. The van der Waals surface area contributed by atoms with Gasteiger partial charge in [0.25, 0.3) is 0 Å². The summed E-state index contributed by atoms with van der Waals surface area (Å²) >= 11 is 1.77. The van der Waals surface area contributed by atoms with E-state index in [0.717, 1.165) is 39.0 Å². The highest BCUT2D eigenvalue weighted by Crippen LogP contribution is 2.28. The molecule has 2 aromatic carbocycles.